The molecular formula is C17H22ClN3O2. The molecule has 0 bridgehead atoms. The number of carbonyl (C=O) groups is 2. The molecule has 1 unspecified atom stereocenters. The fourth-order valence-corrected chi connectivity index (χ4v) is 3.60. The third-order valence-corrected chi connectivity index (χ3v) is 4.81. The van der Waals surface area contributed by atoms with Gasteiger partial charge in [-0.25, -0.2) is 4.79 Å². The smallest absolute Gasteiger partial charge is 0.318 e. The third kappa shape index (κ3) is 3.78. The fourth-order valence-electron chi connectivity index (χ4n) is 3.40. The van der Waals surface area contributed by atoms with Gasteiger partial charge in [-0.05, 0) is 30.5 Å². The summed E-state index contributed by atoms with van der Waals surface area (Å²) in [5, 5.41) is 6.50. The Morgan fingerprint density at radius 1 is 1.26 bits per heavy atom. The van der Waals surface area contributed by atoms with E-state index in [2.05, 4.69) is 10.6 Å². The monoisotopic (exact) mass is 335 g/mol. The number of nitrogens with one attached hydrogen (secondary N) is 2. The molecule has 2 fully saturated rings. The third-order valence-electron chi connectivity index (χ3n) is 4.57. The lowest BCUT2D eigenvalue weighted by Gasteiger charge is -2.36. The van der Waals surface area contributed by atoms with Gasteiger partial charge >= 0.3 is 6.03 Å². The quantitative estimate of drug-likeness (QED) is 0.873. The summed E-state index contributed by atoms with van der Waals surface area (Å²) in [5.74, 6) is -0.155. The average Bonchev–Trinajstić information content (AvgIpc) is 2.55. The largest absolute Gasteiger partial charge is 0.352 e. The number of amides is 3. The first-order valence-electron chi connectivity index (χ1n) is 8.25. The zero-order valence-electron chi connectivity index (χ0n) is 13.1. The first-order chi connectivity index (χ1) is 11.1. The zero-order chi connectivity index (χ0) is 16.2. The van der Waals surface area contributed by atoms with Crippen molar-refractivity contribution in [3.05, 3.63) is 34.9 Å². The van der Waals surface area contributed by atoms with E-state index >= 15 is 0 Å². The maximum Gasteiger partial charge on any atom is 0.318 e. The lowest BCUT2D eigenvalue weighted by molar-refractivity contribution is -0.127. The molecule has 1 saturated heterocycles. The van der Waals surface area contributed by atoms with E-state index < -0.39 is 6.04 Å². The Balaban J connectivity index is 1.77. The molecule has 1 aromatic rings. The predicted molar refractivity (Wildman–Crippen MR) is 89.3 cm³/mol. The first-order valence-corrected chi connectivity index (χ1v) is 8.63. The van der Waals surface area contributed by atoms with E-state index in [1.54, 1.807) is 23.1 Å². The average molecular weight is 336 g/mol. The van der Waals surface area contributed by atoms with Crippen molar-refractivity contribution in [1.29, 1.82) is 0 Å². The van der Waals surface area contributed by atoms with Crippen LogP contribution in [0, 0.1) is 0 Å². The molecule has 1 aliphatic carbocycles. The van der Waals surface area contributed by atoms with E-state index in [4.69, 9.17) is 11.6 Å². The molecule has 5 nitrogen and oxygen atoms in total. The maximum absolute atomic E-state index is 12.7. The molecular weight excluding hydrogens is 314 g/mol. The summed E-state index contributed by atoms with van der Waals surface area (Å²) in [6.45, 7) is 0.982. The predicted octanol–water partition coefficient (Wildman–Crippen LogP) is 2.86. The summed E-state index contributed by atoms with van der Waals surface area (Å²) in [4.78, 5) is 26.6. The highest BCUT2D eigenvalue weighted by atomic mass is 35.5. The van der Waals surface area contributed by atoms with Crippen LogP contribution in [0.1, 0.15) is 43.7 Å². The van der Waals surface area contributed by atoms with Crippen molar-refractivity contribution in [2.75, 3.05) is 13.1 Å². The maximum atomic E-state index is 12.7. The van der Waals surface area contributed by atoms with E-state index in [1.807, 2.05) is 6.07 Å². The Kier molecular flexibility index (Phi) is 5.06. The van der Waals surface area contributed by atoms with E-state index in [-0.39, 0.29) is 18.0 Å². The Morgan fingerprint density at radius 2 is 2.04 bits per heavy atom. The van der Waals surface area contributed by atoms with Crippen molar-refractivity contribution in [2.24, 2.45) is 0 Å². The van der Waals surface area contributed by atoms with Gasteiger partial charge in [-0.1, -0.05) is 43.0 Å². The van der Waals surface area contributed by atoms with Crippen molar-refractivity contribution >= 4 is 23.5 Å². The van der Waals surface area contributed by atoms with Crippen molar-refractivity contribution in [2.45, 2.75) is 44.2 Å². The van der Waals surface area contributed by atoms with Gasteiger partial charge in [-0.2, -0.15) is 0 Å². The number of rotatable bonds is 2. The summed E-state index contributed by atoms with van der Waals surface area (Å²) < 4.78 is 0. The minimum atomic E-state index is -0.619. The standard InChI is InChI=1S/C17H22ClN3O2/c18-13-6-4-5-12(11-13)15-16(22)19-9-10-21(15)17(23)20-14-7-2-1-3-8-14/h4-6,11,14-15H,1-3,7-10H2,(H,19,22)(H,20,23). The fraction of sp³-hybridized carbons (Fsp3) is 0.529. The second-order valence-corrected chi connectivity index (χ2v) is 6.66. The van der Waals surface area contributed by atoms with Crippen LogP contribution in [0.5, 0.6) is 0 Å². The molecule has 23 heavy (non-hydrogen) atoms. The minimum absolute atomic E-state index is 0.155. The number of hydrogen-bond acceptors (Lipinski definition) is 2. The van der Waals surface area contributed by atoms with E-state index in [0.717, 1.165) is 31.2 Å². The number of urea groups is 1. The Bertz CT molecular complexity index is 587. The highest BCUT2D eigenvalue weighted by Crippen LogP contribution is 2.26. The summed E-state index contributed by atoms with van der Waals surface area (Å²) in [5.41, 5.74) is 0.744. The van der Waals surface area contributed by atoms with Gasteiger partial charge < -0.3 is 15.5 Å². The van der Waals surface area contributed by atoms with Gasteiger partial charge in [0.1, 0.15) is 6.04 Å². The van der Waals surface area contributed by atoms with Gasteiger partial charge in [-0.3, -0.25) is 4.79 Å². The number of halogens is 1. The molecule has 3 rings (SSSR count). The van der Waals surface area contributed by atoms with Crippen LogP contribution in [0.3, 0.4) is 0 Å². The molecule has 1 aromatic carbocycles. The molecule has 3 amide bonds. The van der Waals surface area contributed by atoms with E-state index in [1.165, 1.54) is 6.42 Å². The molecule has 1 aliphatic heterocycles. The van der Waals surface area contributed by atoms with E-state index in [0.29, 0.717) is 18.1 Å². The van der Waals surface area contributed by atoms with Crippen LogP contribution in [0.2, 0.25) is 5.02 Å². The van der Waals surface area contributed by atoms with Crippen LogP contribution in [0.4, 0.5) is 4.79 Å². The number of benzene rings is 1. The van der Waals surface area contributed by atoms with Gasteiger partial charge in [0, 0.05) is 24.2 Å². The van der Waals surface area contributed by atoms with Crippen molar-refractivity contribution < 1.29 is 9.59 Å². The van der Waals surface area contributed by atoms with Crippen molar-refractivity contribution in [3.8, 4) is 0 Å². The van der Waals surface area contributed by atoms with Crippen LogP contribution in [0.25, 0.3) is 0 Å². The number of piperazine rings is 1. The topological polar surface area (TPSA) is 61.4 Å². The normalized spacial score (nSPS) is 22.6. The second kappa shape index (κ2) is 7.21. The van der Waals surface area contributed by atoms with Crippen LogP contribution < -0.4 is 10.6 Å². The van der Waals surface area contributed by atoms with E-state index in [9.17, 15) is 9.59 Å². The molecule has 6 heteroatoms. The summed E-state index contributed by atoms with van der Waals surface area (Å²) in [7, 11) is 0. The molecule has 1 heterocycles. The lowest BCUT2D eigenvalue weighted by Crippen LogP contribution is -2.56. The van der Waals surface area contributed by atoms with Gasteiger partial charge in [0.05, 0.1) is 0 Å². The highest BCUT2D eigenvalue weighted by molar-refractivity contribution is 6.30. The minimum Gasteiger partial charge on any atom is -0.352 e. The molecule has 124 valence electrons. The molecule has 0 aromatic heterocycles. The van der Waals surface area contributed by atoms with Gasteiger partial charge in [-0.15, -0.1) is 0 Å². The lowest BCUT2D eigenvalue weighted by atomic mass is 9.95. The molecule has 1 saturated carbocycles. The summed E-state index contributed by atoms with van der Waals surface area (Å²) in [6.07, 6.45) is 5.59. The highest BCUT2D eigenvalue weighted by Gasteiger charge is 2.35. The van der Waals surface area contributed by atoms with Crippen LogP contribution in [-0.2, 0) is 4.79 Å². The van der Waals surface area contributed by atoms with Crippen LogP contribution >= 0.6 is 11.6 Å². The summed E-state index contributed by atoms with van der Waals surface area (Å²) in [6, 6.07) is 6.60. The number of carbonyl (C=O) groups excluding carboxylic acids is 2. The second-order valence-electron chi connectivity index (χ2n) is 6.23. The zero-order valence-corrected chi connectivity index (χ0v) is 13.8. The van der Waals surface area contributed by atoms with Crippen LogP contribution in [0.15, 0.2) is 24.3 Å². The molecule has 2 N–H and O–H groups in total. The Hall–Kier alpha value is -1.75. The Morgan fingerprint density at radius 3 is 2.78 bits per heavy atom. The van der Waals surface area contributed by atoms with Gasteiger partial charge in [0.15, 0.2) is 0 Å². The molecule has 1 atom stereocenters. The van der Waals surface area contributed by atoms with Gasteiger partial charge in [0.2, 0.25) is 5.91 Å². The van der Waals surface area contributed by atoms with Gasteiger partial charge in [0.25, 0.3) is 0 Å². The Labute approximate surface area is 141 Å². The number of hydrogen-bond donors (Lipinski definition) is 2. The SMILES string of the molecule is O=C1NCCN(C(=O)NC2CCCCC2)C1c1cccc(Cl)c1. The summed E-state index contributed by atoms with van der Waals surface area (Å²) >= 11 is 6.04. The molecule has 2 aliphatic rings. The first kappa shape index (κ1) is 16.1. The van der Waals surface area contributed by atoms with Crippen LogP contribution in [-0.4, -0.2) is 36.0 Å². The molecule has 0 radical (unpaired) electrons. The van der Waals surface area contributed by atoms with Crippen molar-refractivity contribution in [1.82, 2.24) is 15.5 Å². The number of nitrogens with zero attached hydrogens (tertiary/aromatic N) is 1. The molecule has 0 spiro atoms. The van der Waals surface area contributed by atoms with Crippen molar-refractivity contribution in [3.63, 3.8) is 0 Å².